The van der Waals surface area contributed by atoms with Gasteiger partial charge in [0, 0.05) is 43.1 Å². The molecule has 2 N–H and O–H groups in total. The first-order chi connectivity index (χ1) is 14.0. The average Bonchev–Trinajstić information content (AvgIpc) is 2.65. The molecule has 0 spiro atoms. The molecule has 30 heavy (non-hydrogen) atoms. The summed E-state index contributed by atoms with van der Waals surface area (Å²) in [5.41, 5.74) is -2.15. The van der Waals surface area contributed by atoms with Gasteiger partial charge in [-0.25, -0.2) is 4.98 Å². The molecule has 6 nitrogen and oxygen atoms in total. The average molecular weight is 422 g/mol. The standard InChI is InChI=1S/C21H25F3N4O2/c1-13-15(5-4-8-25-13)19(29)18-16(21(22,23)24)6-7-17(27-18)28-10-9-26-14(12-28)11-20(2,3)30/h4-8,14,26,30H,9-12H2,1-3H3. The van der Waals surface area contributed by atoms with Crippen molar-refractivity contribution in [3.05, 3.63) is 53.0 Å². The molecular weight excluding hydrogens is 397 g/mol. The largest absolute Gasteiger partial charge is 0.418 e. The predicted octanol–water partition coefficient (Wildman–Crippen LogP) is 2.97. The second-order valence-electron chi connectivity index (χ2n) is 8.14. The van der Waals surface area contributed by atoms with E-state index in [9.17, 15) is 23.1 Å². The van der Waals surface area contributed by atoms with Crippen molar-refractivity contribution >= 4 is 11.6 Å². The molecule has 162 valence electrons. The lowest BCUT2D eigenvalue weighted by molar-refractivity contribution is -0.138. The third-order valence-corrected chi connectivity index (χ3v) is 4.98. The lowest BCUT2D eigenvalue weighted by Gasteiger charge is -2.37. The minimum absolute atomic E-state index is 0.0532. The highest BCUT2D eigenvalue weighted by Gasteiger charge is 2.37. The summed E-state index contributed by atoms with van der Waals surface area (Å²) in [5, 5.41) is 13.4. The Kier molecular flexibility index (Phi) is 6.14. The molecule has 1 atom stereocenters. The minimum Gasteiger partial charge on any atom is -0.390 e. The molecule has 9 heteroatoms. The highest BCUT2D eigenvalue weighted by atomic mass is 19.4. The van der Waals surface area contributed by atoms with Crippen molar-refractivity contribution in [2.24, 2.45) is 0 Å². The van der Waals surface area contributed by atoms with Gasteiger partial charge in [0.25, 0.3) is 0 Å². The number of carbonyl (C=O) groups is 1. The maximum Gasteiger partial charge on any atom is 0.418 e. The van der Waals surface area contributed by atoms with Crippen LogP contribution in [-0.4, -0.2) is 52.1 Å². The van der Waals surface area contributed by atoms with Gasteiger partial charge >= 0.3 is 6.18 Å². The van der Waals surface area contributed by atoms with E-state index >= 15 is 0 Å². The number of aliphatic hydroxyl groups is 1. The zero-order valence-electron chi connectivity index (χ0n) is 17.1. The molecule has 3 heterocycles. The highest BCUT2D eigenvalue weighted by Crippen LogP contribution is 2.34. The number of anilines is 1. The van der Waals surface area contributed by atoms with Crippen LogP contribution in [0.1, 0.15) is 47.6 Å². The Morgan fingerprint density at radius 2 is 2.03 bits per heavy atom. The number of ketones is 1. The molecule has 3 rings (SSSR count). The molecule has 0 aromatic carbocycles. The molecule has 0 amide bonds. The molecule has 1 saturated heterocycles. The molecule has 1 aliphatic rings. The number of rotatable bonds is 5. The Morgan fingerprint density at radius 3 is 2.67 bits per heavy atom. The monoisotopic (exact) mass is 422 g/mol. The van der Waals surface area contributed by atoms with E-state index in [0.29, 0.717) is 37.6 Å². The van der Waals surface area contributed by atoms with Gasteiger partial charge in [-0.2, -0.15) is 13.2 Å². The molecule has 0 radical (unpaired) electrons. The fourth-order valence-electron chi connectivity index (χ4n) is 3.65. The Hall–Kier alpha value is -2.52. The Morgan fingerprint density at radius 1 is 1.30 bits per heavy atom. The van der Waals surface area contributed by atoms with E-state index in [-0.39, 0.29) is 11.6 Å². The van der Waals surface area contributed by atoms with Gasteiger partial charge in [0.1, 0.15) is 11.5 Å². The number of pyridine rings is 2. The van der Waals surface area contributed by atoms with Crippen molar-refractivity contribution in [3.63, 3.8) is 0 Å². The maximum absolute atomic E-state index is 13.6. The van der Waals surface area contributed by atoms with Gasteiger partial charge in [0.15, 0.2) is 0 Å². The maximum atomic E-state index is 13.6. The highest BCUT2D eigenvalue weighted by molar-refractivity contribution is 6.09. The number of piperazine rings is 1. The SMILES string of the molecule is Cc1ncccc1C(=O)c1nc(N2CCNC(CC(C)(C)O)C2)ccc1C(F)(F)F. The lowest BCUT2D eigenvalue weighted by atomic mass is 9.97. The number of nitrogens with zero attached hydrogens (tertiary/aromatic N) is 3. The molecule has 1 unspecified atom stereocenters. The smallest absolute Gasteiger partial charge is 0.390 e. The Balaban J connectivity index is 1.97. The minimum atomic E-state index is -4.71. The Bertz CT molecular complexity index is 925. The van der Waals surface area contributed by atoms with Crippen molar-refractivity contribution in [3.8, 4) is 0 Å². The number of nitrogens with one attached hydrogen (secondary N) is 1. The van der Waals surface area contributed by atoms with Gasteiger partial charge in [-0.1, -0.05) is 0 Å². The molecular formula is C21H25F3N4O2. The second kappa shape index (κ2) is 8.31. The molecule has 1 aliphatic heterocycles. The zero-order valence-corrected chi connectivity index (χ0v) is 17.1. The summed E-state index contributed by atoms with van der Waals surface area (Å²) in [7, 11) is 0. The van der Waals surface area contributed by atoms with E-state index in [4.69, 9.17) is 0 Å². The normalized spacial score (nSPS) is 17.8. The number of hydrogen-bond donors (Lipinski definition) is 2. The lowest BCUT2D eigenvalue weighted by Crippen LogP contribution is -2.53. The predicted molar refractivity (Wildman–Crippen MR) is 107 cm³/mol. The van der Waals surface area contributed by atoms with Crippen molar-refractivity contribution < 1.29 is 23.1 Å². The van der Waals surface area contributed by atoms with Crippen molar-refractivity contribution in [2.45, 2.75) is 45.0 Å². The summed E-state index contributed by atoms with van der Waals surface area (Å²) < 4.78 is 40.8. The summed E-state index contributed by atoms with van der Waals surface area (Å²) >= 11 is 0. The first-order valence-corrected chi connectivity index (χ1v) is 9.71. The molecule has 2 aromatic heterocycles. The van der Waals surface area contributed by atoms with Crippen LogP contribution in [0.2, 0.25) is 0 Å². The van der Waals surface area contributed by atoms with Crippen LogP contribution in [0.4, 0.5) is 19.0 Å². The number of hydrogen-bond acceptors (Lipinski definition) is 6. The van der Waals surface area contributed by atoms with Gasteiger partial charge < -0.3 is 15.3 Å². The van der Waals surface area contributed by atoms with Gasteiger partial charge in [0.2, 0.25) is 5.78 Å². The van der Waals surface area contributed by atoms with E-state index in [2.05, 4.69) is 15.3 Å². The van der Waals surface area contributed by atoms with Crippen molar-refractivity contribution in [1.82, 2.24) is 15.3 Å². The van der Waals surface area contributed by atoms with Crippen LogP contribution in [0.15, 0.2) is 30.5 Å². The van der Waals surface area contributed by atoms with E-state index < -0.39 is 28.8 Å². The zero-order chi connectivity index (χ0) is 22.1. The van der Waals surface area contributed by atoms with Gasteiger partial charge in [-0.15, -0.1) is 0 Å². The number of halogens is 3. The van der Waals surface area contributed by atoms with Gasteiger partial charge in [0.05, 0.1) is 11.2 Å². The fourth-order valence-corrected chi connectivity index (χ4v) is 3.65. The van der Waals surface area contributed by atoms with Gasteiger partial charge in [-0.05, 0) is 51.5 Å². The van der Waals surface area contributed by atoms with Crippen LogP contribution in [0.3, 0.4) is 0 Å². The van der Waals surface area contributed by atoms with Crippen LogP contribution in [0, 0.1) is 6.92 Å². The van der Waals surface area contributed by atoms with Crippen LogP contribution in [0.5, 0.6) is 0 Å². The van der Waals surface area contributed by atoms with Crippen LogP contribution in [-0.2, 0) is 6.18 Å². The van der Waals surface area contributed by atoms with E-state index in [1.807, 2.05) is 4.90 Å². The summed E-state index contributed by atoms with van der Waals surface area (Å²) in [6, 6.07) is 5.11. The van der Waals surface area contributed by atoms with Crippen molar-refractivity contribution in [2.75, 3.05) is 24.5 Å². The third-order valence-electron chi connectivity index (χ3n) is 4.98. The topological polar surface area (TPSA) is 78.4 Å². The number of aryl methyl sites for hydroxylation is 1. The van der Waals surface area contributed by atoms with E-state index in [1.54, 1.807) is 20.8 Å². The molecule has 0 aliphatic carbocycles. The Labute approximate surface area is 173 Å². The van der Waals surface area contributed by atoms with E-state index in [0.717, 1.165) is 6.07 Å². The number of aromatic nitrogens is 2. The van der Waals surface area contributed by atoms with Gasteiger partial charge in [-0.3, -0.25) is 9.78 Å². The fraction of sp³-hybridized carbons (Fsp3) is 0.476. The van der Waals surface area contributed by atoms with Crippen LogP contribution in [0.25, 0.3) is 0 Å². The molecule has 1 fully saturated rings. The van der Waals surface area contributed by atoms with Crippen molar-refractivity contribution in [1.29, 1.82) is 0 Å². The summed E-state index contributed by atoms with van der Waals surface area (Å²) in [6.07, 6.45) is -2.76. The first kappa shape index (κ1) is 22.2. The van der Waals surface area contributed by atoms with E-state index in [1.165, 1.54) is 24.4 Å². The third kappa shape index (κ3) is 5.14. The molecule has 0 bridgehead atoms. The number of alkyl halides is 3. The summed E-state index contributed by atoms with van der Waals surface area (Å²) in [4.78, 5) is 22.9. The van der Waals surface area contributed by atoms with Crippen LogP contribution >= 0.6 is 0 Å². The number of carbonyl (C=O) groups excluding carboxylic acids is 1. The summed E-state index contributed by atoms with van der Waals surface area (Å²) in [5.74, 6) is -0.506. The summed E-state index contributed by atoms with van der Waals surface area (Å²) in [6.45, 7) is 6.56. The molecule has 2 aromatic rings. The molecule has 0 saturated carbocycles. The van der Waals surface area contributed by atoms with Crippen LogP contribution < -0.4 is 10.2 Å². The quantitative estimate of drug-likeness (QED) is 0.722. The second-order valence-corrected chi connectivity index (χ2v) is 8.14. The first-order valence-electron chi connectivity index (χ1n) is 9.71.